The highest BCUT2D eigenvalue weighted by atomic mass is 35.5. The monoisotopic (exact) mass is 297 g/mol. The van der Waals surface area contributed by atoms with Crippen molar-refractivity contribution in [3.63, 3.8) is 0 Å². The van der Waals surface area contributed by atoms with Gasteiger partial charge in [0.25, 0.3) is 0 Å². The summed E-state index contributed by atoms with van der Waals surface area (Å²) in [6.45, 7) is 9.74. The Morgan fingerprint density at radius 1 is 1.11 bits per heavy atom. The van der Waals surface area contributed by atoms with E-state index in [-0.39, 0.29) is 11.2 Å². The average Bonchev–Trinajstić information content (AvgIpc) is 2.24. The molecule has 5 heteroatoms. The van der Waals surface area contributed by atoms with E-state index >= 15 is 0 Å². The lowest BCUT2D eigenvalue weighted by Crippen LogP contribution is -2.36. The molecule has 0 aromatic rings. The first-order valence-electron chi connectivity index (χ1n) is 6.76. The number of halogens is 1. The molecule has 0 bridgehead atoms. The zero-order valence-corrected chi connectivity index (χ0v) is 13.8. The van der Waals surface area contributed by atoms with Gasteiger partial charge in [-0.05, 0) is 24.7 Å². The van der Waals surface area contributed by atoms with Crippen LogP contribution in [0.1, 0.15) is 53.4 Å². The normalized spacial score (nSPS) is 13.2. The molecule has 0 saturated heterocycles. The third-order valence-corrected chi connectivity index (χ3v) is 5.03. The molecule has 0 amide bonds. The van der Waals surface area contributed by atoms with Gasteiger partial charge in [-0.2, -0.15) is 0 Å². The van der Waals surface area contributed by atoms with Crippen LogP contribution in [0.2, 0.25) is 0 Å². The van der Waals surface area contributed by atoms with E-state index in [1.54, 1.807) is 4.31 Å². The summed E-state index contributed by atoms with van der Waals surface area (Å²) in [4.78, 5) is 0. The van der Waals surface area contributed by atoms with Crippen molar-refractivity contribution < 1.29 is 8.42 Å². The van der Waals surface area contributed by atoms with E-state index in [4.69, 9.17) is 11.6 Å². The summed E-state index contributed by atoms with van der Waals surface area (Å²) in [5.41, 5.74) is 0.159. The molecule has 0 aromatic heterocycles. The van der Waals surface area contributed by atoms with Crippen molar-refractivity contribution in [2.24, 2.45) is 5.41 Å². The molecular weight excluding hydrogens is 270 g/mol. The van der Waals surface area contributed by atoms with Crippen LogP contribution in [0.15, 0.2) is 0 Å². The quantitative estimate of drug-likeness (QED) is 0.611. The molecular formula is C13H28ClNO2S. The first-order valence-corrected chi connectivity index (χ1v) is 8.91. The number of rotatable bonds is 9. The molecule has 0 radical (unpaired) electrons. The second-order valence-electron chi connectivity index (χ2n) is 5.92. The van der Waals surface area contributed by atoms with E-state index in [2.05, 4.69) is 27.7 Å². The highest BCUT2D eigenvalue weighted by Gasteiger charge is 2.22. The van der Waals surface area contributed by atoms with E-state index in [0.717, 1.165) is 19.3 Å². The largest absolute Gasteiger partial charge is 0.214 e. The minimum Gasteiger partial charge on any atom is -0.212 e. The van der Waals surface area contributed by atoms with Crippen LogP contribution in [0.4, 0.5) is 0 Å². The van der Waals surface area contributed by atoms with Crippen LogP contribution in [0, 0.1) is 5.41 Å². The molecule has 0 fully saturated rings. The number of hydrogen-bond acceptors (Lipinski definition) is 2. The Bertz CT molecular complexity index is 309. The SMILES string of the molecule is CCCCN(CCC(C)(C)C)S(=O)(=O)CCCCl. The second kappa shape index (κ2) is 8.39. The van der Waals surface area contributed by atoms with E-state index in [1.165, 1.54) is 0 Å². The number of sulfonamides is 1. The molecule has 0 atom stereocenters. The molecule has 3 nitrogen and oxygen atoms in total. The van der Waals surface area contributed by atoms with Crippen molar-refractivity contribution in [2.45, 2.75) is 53.4 Å². The van der Waals surface area contributed by atoms with Crippen LogP contribution in [0.25, 0.3) is 0 Å². The smallest absolute Gasteiger partial charge is 0.212 e. The lowest BCUT2D eigenvalue weighted by Gasteiger charge is -2.26. The van der Waals surface area contributed by atoms with Gasteiger partial charge in [0, 0.05) is 19.0 Å². The van der Waals surface area contributed by atoms with Crippen LogP contribution in [0.5, 0.6) is 0 Å². The fourth-order valence-electron chi connectivity index (χ4n) is 1.55. The van der Waals surface area contributed by atoms with Crippen molar-refractivity contribution in [1.82, 2.24) is 4.31 Å². The van der Waals surface area contributed by atoms with Gasteiger partial charge in [0.2, 0.25) is 10.0 Å². The van der Waals surface area contributed by atoms with Gasteiger partial charge in [0.05, 0.1) is 5.75 Å². The van der Waals surface area contributed by atoms with Crippen molar-refractivity contribution in [2.75, 3.05) is 24.7 Å². The number of hydrogen-bond donors (Lipinski definition) is 0. The Hall–Kier alpha value is 0.200. The Balaban J connectivity index is 4.55. The number of alkyl halides is 1. The average molecular weight is 298 g/mol. The zero-order chi connectivity index (χ0) is 14.2. The second-order valence-corrected chi connectivity index (χ2v) is 8.39. The molecule has 0 heterocycles. The van der Waals surface area contributed by atoms with Crippen molar-refractivity contribution in [3.8, 4) is 0 Å². The maximum Gasteiger partial charge on any atom is 0.214 e. The zero-order valence-electron chi connectivity index (χ0n) is 12.2. The summed E-state index contributed by atoms with van der Waals surface area (Å²) in [7, 11) is -3.13. The summed E-state index contributed by atoms with van der Waals surface area (Å²) in [5, 5.41) is 0. The van der Waals surface area contributed by atoms with Crippen molar-refractivity contribution in [1.29, 1.82) is 0 Å². The fourth-order valence-corrected chi connectivity index (χ4v) is 3.39. The van der Waals surface area contributed by atoms with E-state index in [9.17, 15) is 8.42 Å². The van der Waals surface area contributed by atoms with Gasteiger partial charge >= 0.3 is 0 Å². The summed E-state index contributed by atoms with van der Waals surface area (Å²) in [6.07, 6.45) is 3.35. The standard InChI is InChI=1S/C13H28ClNO2S/c1-5-6-10-15(11-8-13(2,3)4)18(16,17)12-7-9-14/h5-12H2,1-4H3. The molecule has 0 spiro atoms. The lowest BCUT2D eigenvalue weighted by atomic mass is 9.92. The number of nitrogens with zero attached hydrogens (tertiary/aromatic N) is 1. The van der Waals surface area contributed by atoms with Crippen molar-refractivity contribution >= 4 is 21.6 Å². The molecule has 0 aliphatic rings. The predicted molar refractivity (Wildman–Crippen MR) is 79.7 cm³/mol. The highest BCUT2D eigenvalue weighted by Crippen LogP contribution is 2.20. The molecule has 0 aromatic carbocycles. The van der Waals surface area contributed by atoms with E-state index in [1.807, 2.05) is 0 Å². The number of unbranched alkanes of at least 4 members (excludes halogenated alkanes) is 1. The first kappa shape index (κ1) is 18.2. The first-order chi connectivity index (χ1) is 8.23. The Morgan fingerprint density at radius 3 is 2.17 bits per heavy atom. The Morgan fingerprint density at radius 2 is 1.72 bits per heavy atom. The fraction of sp³-hybridized carbons (Fsp3) is 1.00. The molecule has 0 aliphatic carbocycles. The van der Waals surface area contributed by atoms with Crippen LogP contribution >= 0.6 is 11.6 Å². The van der Waals surface area contributed by atoms with Gasteiger partial charge in [0.15, 0.2) is 0 Å². The highest BCUT2D eigenvalue weighted by molar-refractivity contribution is 7.89. The molecule has 0 rings (SSSR count). The van der Waals surface area contributed by atoms with Crippen LogP contribution in [-0.4, -0.2) is 37.4 Å². The van der Waals surface area contributed by atoms with Crippen LogP contribution in [0.3, 0.4) is 0 Å². The van der Waals surface area contributed by atoms with Crippen LogP contribution < -0.4 is 0 Å². The van der Waals surface area contributed by atoms with E-state index in [0.29, 0.717) is 25.4 Å². The minimum atomic E-state index is -3.13. The lowest BCUT2D eigenvalue weighted by molar-refractivity contribution is 0.308. The molecule has 18 heavy (non-hydrogen) atoms. The van der Waals surface area contributed by atoms with Crippen molar-refractivity contribution in [3.05, 3.63) is 0 Å². The van der Waals surface area contributed by atoms with Gasteiger partial charge < -0.3 is 0 Å². The summed E-state index contributed by atoms with van der Waals surface area (Å²) >= 11 is 5.58. The summed E-state index contributed by atoms with van der Waals surface area (Å²) in [6, 6.07) is 0. The van der Waals surface area contributed by atoms with Gasteiger partial charge in [-0.15, -0.1) is 11.6 Å². The molecule has 0 N–H and O–H groups in total. The minimum absolute atomic E-state index is 0.159. The Labute approximate surface area is 118 Å². The van der Waals surface area contributed by atoms with Gasteiger partial charge in [0.1, 0.15) is 0 Å². The predicted octanol–water partition coefficient (Wildman–Crippen LogP) is 3.48. The summed E-state index contributed by atoms with van der Waals surface area (Å²) in [5.74, 6) is 0.574. The molecule has 0 unspecified atom stereocenters. The van der Waals surface area contributed by atoms with Gasteiger partial charge in [-0.25, -0.2) is 12.7 Å². The van der Waals surface area contributed by atoms with Gasteiger partial charge in [-0.3, -0.25) is 0 Å². The molecule has 110 valence electrons. The summed E-state index contributed by atoms with van der Waals surface area (Å²) < 4.78 is 26.0. The third-order valence-electron chi connectivity index (χ3n) is 2.80. The topological polar surface area (TPSA) is 37.4 Å². The van der Waals surface area contributed by atoms with E-state index < -0.39 is 10.0 Å². The van der Waals surface area contributed by atoms with Gasteiger partial charge in [-0.1, -0.05) is 34.1 Å². The molecule has 0 saturated carbocycles. The maximum atomic E-state index is 12.2. The molecule has 0 aliphatic heterocycles. The maximum absolute atomic E-state index is 12.2. The van der Waals surface area contributed by atoms with Crippen LogP contribution in [-0.2, 0) is 10.0 Å². The Kier molecular flexibility index (Phi) is 8.48. The third kappa shape index (κ3) is 8.33.